The molecule has 1 aromatic rings. The third-order valence-corrected chi connectivity index (χ3v) is 5.47. The highest BCUT2D eigenvalue weighted by Crippen LogP contribution is 2.40. The summed E-state index contributed by atoms with van der Waals surface area (Å²) >= 11 is 0. The van der Waals surface area contributed by atoms with Gasteiger partial charge in [-0.05, 0) is 12.1 Å². The van der Waals surface area contributed by atoms with Crippen LogP contribution in [0.4, 0.5) is 0 Å². The SMILES string of the molecule is O=C(O)c1cc(O[C@@H]2O[C@H](CO)[C@@H](O)[C@H](O)[C@H]2O)c(O)c(O[C@@H]2O[C@H](CO)[C@@H](O)[C@H](O)[C@H]2O)c1. The molecular weight excluding hydrogens is 468 g/mol. The van der Waals surface area contributed by atoms with E-state index in [2.05, 4.69) is 0 Å². The Balaban J connectivity index is 1.90. The summed E-state index contributed by atoms with van der Waals surface area (Å²) in [4.78, 5) is 11.6. The standard InChI is InChI=1S/C19H26O15/c20-3-8-11(23)13(25)15(27)18(33-8)31-6-1-5(17(29)30)2-7(10(6)22)32-19-16(28)14(26)12(24)9(4-21)34-19/h1-2,8-9,11-16,18-28H,3-4H2,(H,29,30)/t8-,9-,11-,12-,13+,14+,15-,16-,18-,19-/m1/s1. The molecule has 2 fully saturated rings. The number of carbonyl (C=O) groups is 1. The highest BCUT2D eigenvalue weighted by Gasteiger charge is 2.46. The Morgan fingerprint density at radius 2 is 1.12 bits per heavy atom. The van der Waals surface area contributed by atoms with Crippen molar-refractivity contribution in [1.82, 2.24) is 0 Å². The minimum atomic E-state index is -1.87. The number of hydrogen-bond acceptors (Lipinski definition) is 14. The fourth-order valence-electron chi connectivity index (χ4n) is 3.47. The fourth-order valence-corrected chi connectivity index (χ4v) is 3.47. The van der Waals surface area contributed by atoms with Crippen LogP contribution in [-0.4, -0.2) is 132 Å². The van der Waals surface area contributed by atoms with Crippen molar-refractivity contribution >= 4 is 5.97 Å². The lowest BCUT2D eigenvalue weighted by Crippen LogP contribution is -2.60. The predicted octanol–water partition coefficient (Wildman–Crippen LogP) is -4.55. The Bertz CT molecular complexity index is 801. The second-order valence-electron chi connectivity index (χ2n) is 7.76. The van der Waals surface area contributed by atoms with Gasteiger partial charge in [-0.15, -0.1) is 0 Å². The molecule has 192 valence electrons. The molecule has 2 saturated heterocycles. The first-order valence-corrected chi connectivity index (χ1v) is 10.0. The van der Waals surface area contributed by atoms with Crippen molar-refractivity contribution in [3.63, 3.8) is 0 Å². The Labute approximate surface area is 191 Å². The molecule has 0 spiro atoms. The van der Waals surface area contributed by atoms with Crippen LogP contribution in [-0.2, 0) is 9.47 Å². The minimum Gasteiger partial charge on any atom is -0.502 e. The van der Waals surface area contributed by atoms with Gasteiger partial charge in [-0.1, -0.05) is 0 Å². The van der Waals surface area contributed by atoms with E-state index in [0.717, 1.165) is 12.1 Å². The number of carboxylic acids is 1. The number of benzene rings is 1. The van der Waals surface area contributed by atoms with E-state index >= 15 is 0 Å². The summed E-state index contributed by atoms with van der Waals surface area (Å²) in [6.45, 7) is -1.53. The highest BCUT2D eigenvalue weighted by molar-refractivity contribution is 5.89. The number of hydrogen-bond donors (Lipinski definition) is 10. The van der Waals surface area contributed by atoms with Gasteiger partial charge >= 0.3 is 5.97 Å². The topological polar surface area (TPSA) is 256 Å². The number of phenols is 1. The normalized spacial score (nSPS) is 38.4. The predicted molar refractivity (Wildman–Crippen MR) is 104 cm³/mol. The second kappa shape index (κ2) is 10.5. The van der Waals surface area contributed by atoms with Gasteiger partial charge in [0.15, 0.2) is 11.5 Å². The van der Waals surface area contributed by atoms with Gasteiger partial charge in [0, 0.05) is 0 Å². The van der Waals surface area contributed by atoms with Crippen molar-refractivity contribution in [2.45, 2.75) is 61.4 Å². The number of rotatable bonds is 7. The molecule has 0 bridgehead atoms. The Kier molecular flexibility index (Phi) is 8.14. The van der Waals surface area contributed by atoms with Gasteiger partial charge in [0.25, 0.3) is 0 Å². The Morgan fingerprint density at radius 3 is 1.44 bits per heavy atom. The number of carboxylic acid groups (broad SMARTS) is 1. The molecule has 10 N–H and O–H groups in total. The molecule has 2 heterocycles. The molecule has 0 aromatic heterocycles. The molecule has 3 rings (SSSR count). The monoisotopic (exact) mass is 494 g/mol. The van der Waals surface area contributed by atoms with E-state index in [9.17, 15) is 55.9 Å². The summed E-state index contributed by atoms with van der Waals surface area (Å²) in [7, 11) is 0. The lowest BCUT2D eigenvalue weighted by atomic mass is 9.99. The zero-order valence-corrected chi connectivity index (χ0v) is 17.4. The molecule has 2 aliphatic rings. The molecular formula is C19H26O15. The number of aromatic carboxylic acids is 1. The third-order valence-electron chi connectivity index (χ3n) is 5.47. The van der Waals surface area contributed by atoms with Crippen LogP contribution in [0.2, 0.25) is 0 Å². The molecule has 0 amide bonds. The quantitative estimate of drug-likeness (QED) is 0.171. The lowest BCUT2D eigenvalue weighted by molar-refractivity contribution is -0.279. The average Bonchev–Trinajstić information content (AvgIpc) is 2.81. The van der Waals surface area contributed by atoms with Crippen LogP contribution < -0.4 is 9.47 Å². The molecule has 15 nitrogen and oxygen atoms in total. The molecule has 34 heavy (non-hydrogen) atoms. The lowest BCUT2D eigenvalue weighted by Gasteiger charge is -2.40. The van der Waals surface area contributed by atoms with Crippen molar-refractivity contribution in [1.29, 1.82) is 0 Å². The van der Waals surface area contributed by atoms with E-state index in [1.165, 1.54) is 0 Å². The second-order valence-corrected chi connectivity index (χ2v) is 7.76. The van der Waals surface area contributed by atoms with Crippen molar-refractivity contribution in [3.8, 4) is 17.2 Å². The maximum absolute atomic E-state index is 11.6. The van der Waals surface area contributed by atoms with Gasteiger partial charge in [-0.25, -0.2) is 4.79 Å². The van der Waals surface area contributed by atoms with Crippen molar-refractivity contribution in [3.05, 3.63) is 17.7 Å². The zero-order chi connectivity index (χ0) is 25.3. The van der Waals surface area contributed by atoms with Crippen LogP contribution in [0.1, 0.15) is 10.4 Å². The molecule has 1 aromatic carbocycles. The van der Waals surface area contributed by atoms with E-state index in [1.807, 2.05) is 0 Å². The molecule has 2 aliphatic heterocycles. The van der Waals surface area contributed by atoms with Gasteiger partial charge in [0.05, 0.1) is 18.8 Å². The molecule has 0 saturated carbocycles. The van der Waals surface area contributed by atoms with Crippen molar-refractivity contribution in [2.75, 3.05) is 13.2 Å². The molecule has 0 radical (unpaired) electrons. The summed E-state index contributed by atoms with van der Waals surface area (Å²) < 4.78 is 20.9. The fraction of sp³-hybridized carbons (Fsp3) is 0.632. The zero-order valence-electron chi connectivity index (χ0n) is 17.4. The number of aromatic hydroxyl groups is 1. The number of ether oxygens (including phenoxy) is 4. The van der Waals surface area contributed by atoms with Gasteiger partial charge in [-0.3, -0.25) is 0 Å². The minimum absolute atomic E-state index is 0.517. The first-order valence-electron chi connectivity index (χ1n) is 10.0. The largest absolute Gasteiger partial charge is 0.502 e. The maximum Gasteiger partial charge on any atom is 0.335 e. The average molecular weight is 494 g/mol. The summed E-state index contributed by atoms with van der Waals surface area (Å²) in [6.07, 6.45) is -17.0. The number of phenolic OH excluding ortho intramolecular Hbond substituents is 1. The Morgan fingerprint density at radius 1 is 0.735 bits per heavy atom. The molecule has 0 unspecified atom stereocenters. The van der Waals surface area contributed by atoms with Crippen LogP contribution in [0.25, 0.3) is 0 Å². The summed E-state index contributed by atoms with van der Waals surface area (Å²) in [5.41, 5.74) is -0.517. The first kappa shape index (κ1) is 26.3. The Hall–Kier alpha value is -2.31. The van der Waals surface area contributed by atoms with E-state index in [-0.39, 0.29) is 0 Å². The van der Waals surface area contributed by atoms with E-state index in [0.29, 0.717) is 0 Å². The van der Waals surface area contributed by atoms with Crippen LogP contribution in [0, 0.1) is 0 Å². The molecule has 0 aliphatic carbocycles. The van der Waals surface area contributed by atoms with E-state index < -0.39 is 103 Å². The summed E-state index contributed by atoms with van der Waals surface area (Å²) in [5, 5.41) is 98.3. The smallest absolute Gasteiger partial charge is 0.335 e. The van der Waals surface area contributed by atoms with E-state index in [4.69, 9.17) is 18.9 Å². The summed E-state index contributed by atoms with van der Waals surface area (Å²) in [6, 6.07) is 1.64. The first-order chi connectivity index (χ1) is 16.0. The van der Waals surface area contributed by atoms with Gasteiger partial charge in [0.2, 0.25) is 18.3 Å². The summed E-state index contributed by atoms with van der Waals surface area (Å²) in [5.74, 6) is -3.66. The van der Waals surface area contributed by atoms with Gasteiger partial charge < -0.3 is 70.0 Å². The van der Waals surface area contributed by atoms with E-state index in [1.54, 1.807) is 0 Å². The number of aliphatic hydroxyl groups is 8. The van der Waals surface area contributed by atoms with Crippen molar-refractivity contribution < 1.29 is 74.8 Å². The number of aliphatic hydroxyl groups excluding tert-OH is 8. The highest BCUT2D eigenvalue weighted by atomic mass is 16.7. The molecule has 10 atom stereocenters. The maximum atomic E-state index is 11.6. The third kappa shape index (κ3) is 5.03. The van der Waals surface area contributed by atoms with Crippen LogP contribution in [0.15, 0.2) is 12.1 Å². The van der Waals surface area contributed by atoms with Gasteiger partial charge in [-0.2, -0.15) is 0 Å². The van der Waals surface area contributed by atoms with Crippen LogP contribution in [0.3, 0.4) is 0 Å². The molecule has 15 heteroatoms. The van der Waals surface area contributed by atoms with Crippen molar-refractivity contribution in [2.24, 2.45) is 0 Å². The van der Waals surface area contributed by atoms with Crippen LogP contribution in [0.5, 0.6) is 17.2 Å². The van der Waals surface area contributed by atoms with Crippen LogP contribution >= 0.6 is 0 Å². The van der Waals surface area contributed by atoms with Gasteiger partial charge in [0.1, 0.15) is 48.8 Å².